The van der Waals surface area contributed by atoms with E-state index in [4.69, 9.17) is 0 Å². The Kier molecular flexibility index (Phi) is 3.80. The predicted octanol–water partition coefficient (Wildman–Crippen LogP) is 4.24. The van der Waals surface area contributed by atoms with Crippen molar-refractivity contribution in [3.63, 3.8) is 0 Å². The summed E-state index contributed by atoms with van der Waals surface area (Å²) >= 11 is 2.97. The Morgan fingerprint density at radius 2 is 1.68 bits per heavy atom. The molecule has 4 nitrogen and oxygen atoms in total. The Balaban J connectivity index is 1.66. The Hall–Kier alpha value is -1.05. The first-order valence-corrected chi connectivity index (χ1v) is 9.48. The number of amides is 1. The minimum absolute atomic E-state index is 0.145. The van der Waals surface area contributed by atoms with Crippen LogP contribution in [-0.2, 0) is 13.2 Å². The van der Waals surface area contributed by atoms with Gasteiger partial charge in [-0.25, -0.2) is 0 Å². The maximum absolute atomic E-state index is 13.2. The zero-order valence-corrected chi connectivity index (χ0v) is 15.8. The highest BCUT2D eigenvalue weighted by molar-refractivity contribution is 9.10. The van der Waals surface area contributed by atoms with Crippen LogP contribution in [0.4, 0.5) is 13.2 Å². The number of carbonyl (C=O) groups is 1. The van der Waals surface area contributed by atoms with Gasteiger partial charge in [0.15, 0.2) is 11.4 Å². The first kappa shape index (κ1) is 17.4. The van der Waals surface area contributed by atoms with E-state index >= 15 is 0 Å². The molecule has 25 heavy (non-hydrogen) atoms. The molecule has 0 aliphatic heterocycles. The lowest BCUT2D eigenvalue weighted by Gasteiger charge is -2.59. The molecule has 4 aliphatic rings. The van der Waals surface area contributed by atoms with Crippen molar-refractivity contribution in [1.82, 2.24) is 14.7 Å². The fraction of sp³-hybridized carbons (Fsp3) is 0.765. The minimum atomic E-state index is -4.56. The Bertz CT molecular complexity index is 692. The molecule has 1 heterocycles. The summed E-state index contributed by atoms with van der Waals surface area (Å²) in [5.74, 6) is 1.54. The highest BCUT2D eigenvalue weighted by Crippen LogP contribution is 2.57. The van der Waals surface area contributed by atoms with Gasteiger partial charge >= 0.3 is 6.18 Å². The van der Waals surface area contributed by atoms with Gasteiger partial charge in [0, 0.05) is 19.6 Å². The first-order valence-electron chi connectivity index (χ1n) is 8.68. The van der Waals surface area contributed by atoms with Gasteiger partial charge in [-0.3, -0.25) is 9.48 Å². The molecule has 5 rings (SSSR count). The SMILES string of the molecule is CN(C(=O)c1nn(C)c(C(F)(F)F)c1Br)C12CC3CC(CC(C3)C1)C2. The third-order valence-corrected chi connectivity index (χ3v) is 7.23. The van der Waals surface area contributed by atoms with Crippen LogP contribution in [0.25, 0.3) is 0 Å². The maximum Gasteiger partial charge on any atom is 0.434 e. The van der Waals surface area contributed by atoms with Gasteiger partial charge < -0.3 is 4.90 Å². The van der Waals surface area contributed by atoms with Crippen LogP contribution < -0.4 is 0 Å². The lowest BCUT2D eigenvalue weighted by Crippen LogP contribution is -2.60. The van der Waals surface area contributed by atoms with Gasteiger partial charge in [0.25, 0.3) is 5.91 Å². The van der Waals surface area contributed by atoms with E-state index in [9.17, 15) is 18.0 Å². The van der Waals surface area contributed by atoms with Crippen molar-refractivity contribution in [2.75, 3.05) is 7.05 Å². The largest absolute Gasteiger partial charge is 0.434 e. The summed E-state index contributed by atoms with van der Waals surface area (Å²) in [7, 11) is 2.96. The van der Waals surface area contributed by atoms with Gasteiger partial charge in [0.05, 0.1) is 4.47 Å². The average molecular weight is 420 g/mol. The number of carbonyl (C=O) groups excluding carboxylic acids is 1. The average Bonchev–Trinajstić information content (AvgIpc) is 2.79. The molecule has 1 aromatic rings. The summed E-state index contributed by atoms with van der Waals surface area (Å²) in [6.07, 6.45) is 2.08. The molecule has 0 unspecified atom stereocenters. The molecule has 0 aromatic carbocycles. The van der Waals surface area contributed by atoms with Crippen molar-refractivity contribution in [2.24, 2.45) is 24.8 Å². The molecule has 0 atom stereocenters. The van der Waals surface area contributed by atoms with E-state index in [0.717, 1.165) is 23.9 Å². The first-order chi connectivity index (χ1) is 11.6. The standard InChI is InChI=1S/C17H21BrF3N3O/c1-23(16-6-9-3-10(7-16)5-11(4-9)8-16)15(25)13-12(18)14(17(19,20)21)24(2)22-13/h9-11H,3-8H2,1-2H3. The summed E-state index contributed by atoms with van der Waals surface area (Å²) < 4.78 is 40.0. The fourth-order valence-corrected chi connectivity index (χ4v) is 6.52. The molecule has 0 radical (unpaired) electrons. The number of halogens is 4. The van der Waals surface area contributed by atoms with Crippen LogP contribution in [0.3, 0.4) is 0 Å². The smallest absolute Gasteiger partial charge is 0.335 e. The summed E-state index contributed by atoms with van der Waals surface area (Å²) in [5, 5.41) is 3.88. The van der Waals surface area contributed by atoms with Crippen LogP contribution in [-0.4, -0.2) is 33.2 Å². The topological polar surface area (TPSA) is 38.1 Å². The normalized spacial score (nSPS) is 33.8. The van der Waals surface area contributed by atoms with E-state index in [1.165, 1.54) is 26.3 Å². The van der Waals surface area contributed by atoms with E-state index in [-0.39, 0.29) is 15.7 Å². The van der Waals surface area contributed by atoms with E-state index in [1.807, 2.05) is 0 Å². The molecule has 0 saturated heterocycles. The summed E-state index contributed by atoms with van der Waals surface area (Å²) in [6, 6.07) is 0. The predicted molar refractivity (Wildman–Crippen MR) is 88.9 cm³/mol. The van der Waals surface area contributed by atoms with Crippen LogP contribution in [0.5, 0.6) is 0 Å². The number of aryl methyl sites for hydroxylation is 1. The van der Waals surface area contributed by atoms with E-state index < -0.39 is 17.8 Å². The molecule has 0 spiro atoms. The van der Waals surface area contributed by atoms with Crippen molar-refractivity contribution >= 4 is 21.8 Å². The molecule has 8 heteroatoms. The zero-order chi connectivity index (χ0) is 18.1. The van der Waals surface area contributed by atoms with Crippen LogP contribution in [0.15, 0.2) is 4.47 Å². The Morgan fingerprint density at radius 1 is 1.20 bits per heavy atom. The number of rotatable bonds is 2. The fourth-order valence-electron chi connectivity index (χ4n) is 5.79. The third kappa shape index (κ3) is 2.62. The van der Waals surface area contributed by atoms with Crippen molar-refractivity contribution in [2.45, 2.75) is 50.2 Å². The van der Waals surface area contributed by atoms with Gasteiger partial charge in [-0.05, 0) is 72.2 Å². The third-order valence-electron chi connectivity index (χ3n) is 6.48. The lowest BCUT2D eigenvalue weighted by molar-refractivity contribution is -0.144. The molecular weight excluding hydrogens is 399 g/mol. The van der Waals surface area contributed by atoms with Crippen LogP contribution in [0.2, 0.25) is 0 Å². The molecular formula is C17H21BrF3N3O. The highest BCUT2D eigenvalue weighted by atomic mass is 79.9. The molecule has 4 fully saturated rings. The van der Waals surface area contributed by atoms with E-state index in [1.54, 1.807) is 11.9 Å². The van der Waals surface area contributed by atoms with Gasteiger partial charge in [-0.2, -0.15) is 18.3 Å². The van der Waals surface area contributed by atoms with Crippen LogP contribution in [0, 0.1) is 17.8 Å². The minimum Gasteiger partial charge on any atom is -0.335 e. The quantitative estimate of drug-likeness (QED) is 0.718. The van der Waals surface area contributed by atoms with Gasteiger partial charge in [-0.1, -0.05) is 0 Å². The number of hydrogen-bond acceptors (Lipinski definition) is 2. The molecule has 4 saturated carbocycles. The summed E-state index contributed by atoms with van der Waals surface area (Å²) in [4.78, 5) is 14.7. The number of alkyl halides is 3. The second kappa shape index (κ2) is 5.47. The molecule has 4 aliphatic carbocycles. The Labute approximate surface area is 152 Å². The summed E-state index contributed by atoms with van der Waals surface area (Å²) in [5.41, 5.74) is -1.27. The van der Waals surface area contributed by atoms with Crippen molar-refractivity contribution in [3.8, 4) is 0 Å². The second-order valence-corrected chi connectivity index (χ2v) is 8.93. The molecule has 0 N–H and O–H groups in total. The van der Waals surface area contributed by atoms with Gasteiger partial charge in [0.1, 0.15) is 0 Å². The van der Waals surface area contributed by atoms with E-state index in [0.29, 0.717) is 17.8 Å². The molecule has 1 amide bonds. The summed E-state index contributed by atoms with van der Waals surface area (Å²) in [6.45, 7) is 0. The Morgan fingerprint density at radius 3 is 2.08 bits per heavy atom. The molecule has 138 valence electrons. The number of hydrogen-bond donors (Lipinski definition) is 0. The second-order valence-electron chi connectivity index (χ2n) is 8.14. The monoisotopic (exact) mass is 419 g/mol. The molecule has 4 bridgehead atoms. The molecule has 1 aromatic heterocycles. The van der Waals surface area contributed by atoms with Crippen molar-refractivity contribution in [1.29, 1.82) is 0 Å². The van der Waals surface area contributed by atoms with Gasteiger partial charge in [-0.15, -0.1) is 0 Å². The van der Waals surface area contributed by atoms with E-state index in [2.05, 4.69) is 21.0 Å². The lowest BCUT2D eigenvalue weighted by atomic mass is 9.52. The van der Waals surface area contributed by atoms with Crippen LogP contribution >= 0.6 is 15.9 Å². The zero-order valence-electron chi connectivity index (χ0n) is 14.2. The van der Waals surface area contributed by atoms with Crippen LogP contribution in [0.1, 0.15) is 54.7 Å². The maximum atomic E-state index is 13.2. The number of nitrogens with zero attached hydrogens (tertiary/aromatic N) is 3. The van der Waals surface area contributed by atoms with Crippen molar-refractivity contribution < 1.29 is 18.0 Å². The van der Waals surface area contributed by atoms with Crippen molar-refractivity contribution in [3.05, 3.63) is 15.9 Å². The highest BCUT2D eigenvalue weighted by Gasteiger charge is 2.54. The number of aromatic nitrogens is 2. The van der Waals surface area contributed by atoms with Gasteiger partial charge in [0.2, 0.25) is 0 Å².